The van der Waals surface area contributed by atoms with Crippen molar-refractivity contribution >= 4 is 50.8 Å². The van der Waals surface area contributed by atoms with Gasteiger partial charge in [0.1, 0.15) is 28.9 Å². The minimum absolute atomic E-state index is 0.00806. The first kappa shape index (κ1) is 32.1. The van der Waals surface area contributed by atoms with Crippen molar-refractivity contribution in [3.05, 3.63) is 58.5 Å². The number of hydrogen-bond donors (Lipinski definition) is 1. The monoisotopic (exact) mass is 632 g/mol. The van der Waals surface area contributed by atoms with Crippen LogP contribution in [0.5, 0.6) is 5.75 Å². The quantitative estimate of drug-likeness (QED) is 0.0835. The summed E-state index contributed by atoms with van der Waals surface area (Å²) in [5, 5.41) is 10.7. The minimum Gasteiger partial charge on any atom is -0.490 e. The van der Waals surface area contributed by atoms with Gasteiger partial charge in [0.15, 0.2) is 0 Å². The summed E-state index contributed by atoms with van der Waals surface area (Å²) in [6, 6.07) is 9.60. The van der Waals surface area contributed by atoms with Crippen molar-refractivity contribution in [1.29, 1.82) is 0 Å². The zero-order chi connectivity index (χ0) is 29.9. The first-order valence-electron chi connectivity index (χ1n) is 14.2. The standard InChI is InChI=1S/C31H36O8S3/c1-20-5-3-2-4-6-22-17-24(18-25(22)26(32)11-12-29(34)38-20)39-30(35)14-13-28(33)37-16-15-36-23-9-7-21(8-10-23)27-19-31(40)42-41-27/h4,6-12,19-20,22,24-26,32H,2-3,5,13-18H2,1H3/b6-4+,12-11+/t20-,22+,24-,25+,26+/m0/s1. The maximum atomic E-state index is 12.5. The van der Waals surface area contributed by atoms with Gasteiger partial charge in [0.25, 0.3) is 0 Å². The summed E-state index contributed by atoms with van der Waals surface area (Å²) in [6.07, 6.45) is 8.80. The summed E-state index contributed by atoms with van der Waals surface area (Å²) in [7, 11) is 3.20. The summed E-state index contributed by atoms with van der Waals surface area (Å²) in [5.41, 5.74) is 1.07. The fourth-order valence-corrected chi connectivity index (χ4v) is 7.50. The van der Waals surface area contributed by atoms with Crippen LogP contribution < -0.4 is 4.74 Å². The smallest absolute Gasteiger partial charge is 0.330 e. The molecule has 226 valence electrons. The van der Waals surface area contributed by atoms with E-state index >= 15 is 0 Å². The van der Waals surface area contributed by atoms with E-state index < -0.39 is 24.0 Å². The van der Waals surface area contributed by atoms with Crippen molar-refractivity contribution in [3.8, 4) is 16.2 Å². The third-order valence-corrected chi connectivity index (χ3v) is 10.1. The van der Waals surface area contributed by atoms with Crippen molar-refractivity contribution in [3.63, 3.8) is 0 Å². The molecule has 0 spiro atoms. The number of rotatable bonds is 9. The van der Waals surface area contributed by atoms with Crippen molar-refractivity contribution in [2.24, 2.45) is 11.8 Å². The lowest BCUT2D eigenvalue weighted by atomic mass is 9.90. The molecule has 2 aliphatic rings. The van der Waals surface area contributed by atoms with Crippen molar-refractivity contribution in [1.82, 2.24) is 0 Å². The number of benzene rings is 1. The van der Waals surface area contributed by atoms with E-state index in [-0.39, 0.29) is 50.1 Å². The van der Waals surface area contributed by atoms with E-state index in [0.717, 1.165) is 33.5 Å². The summed E-state index contributed by atoms with van der Waals surface area (Å²) in [4.78, 5) is 37.7. The second-order valence-corrected chi connectivity index (χ2v) is 13.4. The van der Waals surface area contributed by atoms with Gasteiger partial charge in [-0.25, -0.2) is 4.79 Å². The maximum absolute atomic E-state index is 12.5. The Hall–Kier alpha value is -2.86. The third-order valence-electron chi connectivity index (χ3n) is 7.22. The maximum Gasteiger partial charge on any atom is 0.330 e. The number of cyclic esters (lactones) is 1. The average Bonchev–Trinajstić information content (AvgIpc) is 3.58. The molecule has 11 heteroatoms. The van der Waals surface area contributed by atoms with Crippen LogP contribution in [0.15, 0.2) is 54.6 Å². The molecule has 2 aromatic rings. The number of allylic oxidation sites excluding steroid dienone is 2. The molecule has 2 heterocycles. The van der Waals surface area contributed by atoms with Crippen LogP contribution in [0.3, 0.4) is 0 Å². The number of carbonyl (C=O) groups excluding carboxylic acids is 3. The molecule has 1 fully saturated rings. The Morgan fingerprint density at radius 1 is 1.07 bits per heavy atom. The first-order chi connectivity index (χ1) is 20.3. The van der Waals surface area contributed by atoms with E-state index in [1.165, 1.54) is 12.2 Å². The van der Waals surface area contributed by atoms with Crippen LogP contribution in [0.1, 0.15) is 51.9 Å². The highest BCUT2D eigenvalue weighted by Gasteiger charge is 2.38. The highest BCUT2D eigenvalue weighted by Crippen LogP contribution is 2.38. The normalized spacial score (nSPS) is 26.0. The van der Waals surface area contributed by atoms with Gasteiger partial charge in [-0.1, -0.05) is 45.1 Å². The second-order valence-electron chi connectivity index (χ2n) is 10.5. The van der Waals surface area contributed by atoms with Crippen LogP contribution in [0.2, 0.25) is 0 Å². The molecule has 0 bridgehead atoms. The number of carbonyl (C=O) groups is 3. The van der Waals surface area contributed by atoms with Crippen molar-refractivity contribution in [2.45, 2.75) is 70.2 Å². The van der Waals surface area contributed by atoms with Crippen molar-refractivity contribution in [2.75, 3.05) is 13.2 Å². The summed E-state index contributed by atoms with van der Waals surface area (Å²) in [6.45, 7) is 2.12. The van der Waals surface area contributed by atoms with Gasteiger partial charge in [0.2, 0.25) is 0 Å². The lowest BCUT2D eigenvalue weighted by Crippen LogP contribution is -2.22. The molecule has 8 nitrogen and oxygen atoms in total. The third kappa shape index (κ3) is 10.1. The Labute approximate surface area is 258 Å². The van der Waals surface area contributed by atoms with Gasteiger partial charge in [-0.05, 0) is 92.8 Å². The molecular weight excluding hydrogens is 597 g/mol. The lowest BCUT2D eigenvalue weighted by molar-refractivity contribution is -0.153. The number of esters is 3. The molecule has 4 rings (SSSR count). The van der Waals surface area contributed by atoms with Crippen LogP contribution in [0.4, 0.5) is 0 Å². The first-order valence-corrected chi connectivity index (χ1v) is 16.7. The predicted octanol–water partition coefficient (Wildman–Crippen LogP) is 6.44. The molecule has 0 unspecified atom stereocenters. The molecule has 42 heavy (non-hydrogen) atoms. The Morgan fingerprint density at radius 3 is 2.62 bits per heavy atom. The number of hydrogen-bond acceptors (Lipinski definition) is 11. The number of aliphatic hydroxyl groups excluding tert-OH is 1. The molecule has 0 amide bonds. The largest absolute Gasteiger partial charge is 0.490 e. The van der Waals surface area contributed by atoms with Crippen LogP contribution in [0.25, 0.3) is 10.4 Å². The number of ether oxygens (including phenoxy) is 4. The summed E-state index contributed by atoms with van der Waals surface area (Å²) >= 11 is 5.18. The summed E-state index contributed by atoms with van der Waals surface area (Å²) < 4.78 is 22.7. The van der Waals surface area contributed by atoms with Gasteiger partial charge in [-0.2, -0.15) is 0 Å². The van der Waals surface area contributed by atoms with Gasteiger partial charge in [0, 0.05) is 11.0 Å². The van der Waals surface area contributed by atoms with Gasteiger partial charge < -0.3 is 24.1 Å². The van der Waals surface area contributed by atoms with Gasteiger partial charge in [-0.3, -0.25) is 9.59 Å². The minimum atomic E-state index is -0.872. The Bertz CT molecular complexity index is 1310. The van der Waals surface area contributed by atoms with Crippen LogP contribution >= 0.6 is 32.9 Å². The molecule has 1 aliphatic heterocycles. The molecule has 1 aliphatic carbocycles. The highest BCUT2D eigenvalue weighted by molar-refractivity contribution is 7.80. The molecular formula is C31H36O8S3. The van der Waals surface area contributed by atoms with E-state index in [0.29, 0.717) is 18.6 Å². The predicted molar refractivity (Wildman–Crippen MR) is 164 cm³/mol. The molecule has 1 aromatic carbocycles. The zero-order valence-electron chi connectivity index (χ0n) is 23.5. The van der Waals surface area contributed by atoms with Crippen LogP contribution in [-0.4, -0.2) is 54.5 Å². The molecule has 5 atom stereocenters. The molecule has 1 aromatic heterocycles. The SMILES string of the molecule is C[C@H]1CCC/C=C/[C@@H]2C[C@H](OC(=O)CCC(=O)OCCOc3ccc(-c4cc(=S)ss4)cc3)C[C@H]2[C@H](O)/C=C/C(=O)O1. The van der Waals surface area contributed by atoms with E-state index in [4.69, 9.17) is 31.2 Å². The Morgan fingerprint density at radius 2 is 1.86 bits per heavy atom. The van der Waals surface area contributed by atoms with E-state index in [1.807, 2.05) is 37.3 Å². The number of aliphatic hydroxyl groups is 1. The van der Waals surface area contributed by atoms with Gasteiger partial charge in [0.05, 0.1) is 25.0 Å². The molecule has 1 N–H and O–H groups in total. The van der Waals surface area contributed by atoms with E-state index in [1.54, 1.807) is 20.7 Å². The fraction of sp³-hybridized carbons (Fsp3) is 0.484. The number of fused-ring (bicyclic) bond motifs is 1. The second kappa shape index (κ2) is 16.1. The molecule has 1 saturated carbocycles. The topological polar surface area (TPSA) is 108 Å². The molecule has 0 radical (unpaired) electrons. The Balaban J connectivity index is 1.16. The Kier molecular flexibility index (Phi) is 12.3. The highest BCUT2D eigenvalue weighted by atomic mass is 32.9. The van der Waals surface area contributed by atoms with Gasteiger partial charge >= 0.3 is 17.9 Å². The van der Waals surface area contributed by atoms with Crippen LogP contribution in [-0.2, 0) is 28.6 Å². The average molecular weight is 633 g/mol. The summed E-state index contributed by atoms with van der Waals surface area (Å²) in [5.74, 6) is -0.979. The lowest BCUT2D eigenvalue weighted by Gasteiger charge is -2.19. The van der Waals surface area contributed by atoms with Crippen LogP contribution in [0, 0.1) is 15.7 Å². The van der Waals surface area contributed by atoms with Crippen molar-refractivity contribution < 1.29 is 38.4 Å². The van der Waals surface area contributed by atoms with E-state index in [2.05, 4.69) is 12.2 Å². The molecule has 0 saturated heterocycles. The van der Waals surface area contributed by atoms with E-state index in [9.17, 15) is 19.5 Å². The fourth-order valence-electron chi connectivity index (χ4n) is 5.10. The van der Waals surface area contributed by atoms with Gasteiger partial charge in [-0.15, -0.1) is 0 Å². The zero-order valence-corrected chi connectivity index (χ0v) is 25.9.